The molecule has 4 saturated carbocycles. The fraction of sp³-hybridized carbons (Fsp3) is 0.583. The third-order valence-corrected chi connectivity index (χ3v) is 8.04. The minimum absolute atomic E-state index is 0.107. The molecule has 4 aliphatic carbocycles. The SMILES string of the molecule is Cc1nc(COc2cccc(C(=O)N(C)CC34CC5CC(CC(C5)C3)C4)c2)cs1. The van der Waals surface area contributed by atoms with Gasteiger partial charge in [-0.3, -0.25) is 4.79 Å². The number of thiazole rings is 1. The molecule has 0 aliphatic heterocycles. The van der Waals surface area contributed by atoms with E-state index < -0.39 is 0 Å². The standard InChI is InChI=1S/C24H30N2O2S/c1-16-25-21(14-29-16)13-28-22-5-3-4-20(9-22)23(27)26(2)15-24-10-17-6-18(11-24)8-19(7-17)12-24/h3-5,9,14,17-19H,6-8,10-13,15H2,1-2H3. The van der Waals surface area contributed by atoms with Gasteiger partial charge in [0, 0.05) is 24.5 Å². The lowest BCUT2D eigenvalue weighted by Gasteiger charge is -2.57. The molecule has 6 rings (SSSR count). The maximum Gasteiger partial charge on any atom is 0.253 e. The van der Waals surface area contributed by atoms with Gasteiger partial charge in [0.1, 0.15) is 12.4 Å². The summed E-state index contributed by atoms with van der Waals surface area (Å²) in [6.07, 6.45) is 8.30. The molecule has 5 heteroatoms. The lowest BCUT2D eigenvalue weighted by Crippen LogP contribution is -2.51. The normalized spacial score (nSPS) is 29.8. The molecule has 0 atom stereocenters. The maximum atomic E-state index is 13.2. The molecule has 1 heterocycles. The molecule has 4 nitrogen and oxygen atoms in total. The van der Waals surface area contributed by atoms with Gasteiger partial charge < -0.3 is 9.64 Å². The van der Waals surface area contributed by atoms with Gasteiger partial charge in [-0.25, -0.2) is 4.98 Å². The van der Waals surface area contributed by atoms with Gasteiger partial charge >= 0.3 is 0 Å². The topological polar surface area (TPSA) is 42.4 Å². The quantitative estimate of drug-likeness (QED) is 0.647. The van der Waals surface area contributed by atoms with Gasteiger partial charge in [-0.2, -0.15) is 0 Å². The number of benzene rings is 1. The van der Waals surface area contributed by atoms with Gasteiger partial charge in [0.2, 0.25) is 0 Å². The minimum atomic E-state index is 0.107. The van der Waals surface area contributed by atoms with E-state index >= 15 is 0 Å². The van der Waals surface area contributed by atoms with E-state index in [0.29, 0.717) is 17.6 Å². The lowest BCUT2D eigenvalue weighted by molar-refractivity contribution is -0.0629. The van der Waals surface area contributed by atoms with Crippen LogP contribution < -0.4 is 4.74 Å². The smallest absolute Gasteiger partial charge is 0.253 e. The van der Waals surface area contributed by atoms with Gasteiger partial charge in [0.25, 0.3) is 5.91 Å². The molecule has 1 amide bonds. The first-order valence-corrected chi connectivity index (χ1v) is 11.8. The predicted molar refractivity (Wildman–Crippen MR) is 115 cm³/mol. The number of hydrogen-bond donors (Lipinski definition) is 0. The van der Waals surface area contributed by atoms with Crippen molar-refractivity contribution < 1.29 is 9.53 Å². The zero-order valence-corrected chi connectivity index (χ0v) is 18.2. The molecule has 0 saturated heterocycles. The maximum absolute atomic E-state index is 13.2. The molecule has 1 aromatic heterocycles. The molecule has 4 aliphatic rings. The summed E-state index contributed by atoms with van der Waals surface area (Å²) in [6.45, 7) is 3.33. The number of rotatable bonds is 6. The number of carbonyl (C=O) groups is 1. The highest BCUT2D eigenvalue weighted by atomic mass is 32.1. The lowest BCUT2D eigenvalue weighted by atomic mass is 9.49. The molecule has 0 unspecified atom stereocenters. The van der Waals surface area contributed by atoms with Crippen LogP contribution in [-0.4, -0.2) is 29.4 Å². The van der Waals surface area contributed by atoms with Crippen molar-refractivity contribution in [3.8, 4) is 5.75 Å². The largest absolute Gasteiger partial charge is 0.487 e. The van der Waals surface area contributed by atoms with Crippen molar-refractivity contribution in [3.63, 3.8) is 0 Å². The molecular weight excluding hydrogens is 380 g/mol. The number of nitrogens with zero attached hydrogens (tertiary/aromatic N) is 2. The average Bonchev–Trinajstić information content (AvgIpc) is 3.10. The van der Waals surface area contributed by atoms with Crippen LogP contribution in [0.1, 0.15) is 59.6 Å². The number of amides is 1. The molecule has 0 N–H and O–H groups in total. The molecule has 0 radical (unpaired) electrons. The Morgan fingerprint density at radius 3 is 2.52 bits per heavy atom. The van der Waals surface area contributed by atoms with Crippen LogP contribution in [0, 0.1) is 30.1 Å². The third-order valence-electron chi connectivity index (χ3n) is 7.22. The van der Waals surface area contributed by atoms with Crippen LogP contribution in [0.5, 0.6) is 5.75 Å². The van der Waals surface area contributed by atoms with Crippen molar-refractivity contribution >= 4 is 17.2 Å². The number of aromatic nitrogens is 1. The van der Waals surface area contributed by atoms with E-state index in [0.717, 1.165) is 40.7 Å². The van der Waals surface area contributed by atoms with E-state index in [2.05, 4.69) is 4.98 Å². The Morgan fingerprint density at radius 2 is 1.90 bits per heavy atom. The molecule has 4 fully saturated rings. The van der Waals surface area contributed by atoms with Gasteiger partial charge in [-0.05, 0) is 86.8 Å². The van der Waals surface area contributed by atoms with Crippen LogP contribution in [0.25, 0.3) is 0 Å². The van der Waals surface area contributed by atoms with Crippen LogP contribution in [0.3, 0.4) is 0 Å². The Labute approximate surface area is 177 Å². The third kappa shape index (κ3) is 3.94. The highest BCUT2D eigenvalue weighted by molar-refractivity contribution is 7.09. The molecule has 0 spiro atoms. The van der Waals surface area contributed by atoms with Crippen LogP contribution >= 0.6 is 11.3 Å². The van der Waals surface area contributed by atoms with E-state index in [4.69, 9.17) is 4.74 Å². The highest BCUT2D eigenvalue weighted by Gasteiger charge is 2.51. The summed E-state index contributed by atoms with van der Waals surface area (Å²) in [4.78, 5) is 19.6. The Hall–Kier alpha value is -1.88. The summed E-state index contributed by atoms with van der Waals surface area (Å²) in [5.41, 5.74) is 2.02. The average molecular weight is 411 g/mol. The zero-order chi connectivity index (χ0) is 20.0. The highest BCUT2D eigenvalue weighted by Crippen LogP contribution is 2.60. The molecule has 2 aromatic rings. The Morgan fingerprint density at radius 1 is 1.21 bits per heavy atom. The zero-order valence-electron chi connectivity index (χ0n) is 17.4. The minimum Gasteiger partial charge on any atom is -0.487 e. The summed E-state index contributed by atoms with van der Waals surface area (Å²) in [5, 5.41) is 3.06. The Bertz CT molecular complexity index is 871. The van der Waals surface area contributed by atoms with Crippen molar-refractivity contribution in [2.75, 3.05) is 13.6 Å². The second kappa shape index (κ2) is 7.42. The Kier molecular flexibility index (Phi) is 4.89. The van der Waals surface area contributed by atoms with E-state index in [-0.39, 0.29) is 5.91 Å². The van der Waals surface area contributed by atoms with Crippen molar-refractivity contribution in [1.82, 2.24) is 9.88 Å². The second-order valence-corrected chi connectivity index (χ2v) is 10.8. The summed E-state index contributed by atoms with van der Waals surface area (Å²) in [6, 6.07) is 7.60. The van der Waals surface area contributed by atoms with Crippen LogP contribution in [0.15, 0.2) is 29.6 Å². The molecule has 154 valence electrons. The summed E-state index contributed by atoms with van der Waals surface area (Å²) >= 11 is 1.63. The van der Waals surface area contributed by atoms with Crippen molar-refractivity contribution in [2.45, 2.75) is 52.1 Å². The second-order valence-electron chi connectivity index (χ2n) is 9.75. The van der Waals surface area contributed by atoms with E-state index in [1.165, 1.54) is 38.5 Å². The summed E-state index contributed by atoms with van der Waals surface area (Å²) in [5.74, 6) is 3.57. The van der Waals surface area contributed by atoms with Crippen LogP contribution in [0.2, 0.25) is 0 Å². The fourth-order valence-electron chi connectivity index (χ4n) is 6.63. The van der Waals surface area contributed by atoms with Gasteiger partial charge in [0.05, 0.1) is 10.7 Å². The summed E-state index contributed by atoms with van der Waals surface area (Å²) in [7, 11) is 1.98. The van der Waals surface area contributed by atoms with Gasteiger partial charge in [-0.1, -0.05) is 6.07 Å². The monoisotopic (exact) mass is 410 g/mol. The van der Waals surface area contributed by atoms with Gasteiger partial charge in [-0.15, -0.1) is 11.3 Å². The molecule has 29 heavy (non-hydrogen) atoms. The molecule has 4 bridgehead atoms. The first-order chi connectivity index (χ1) is 14.0. The Balaban J connectivity index is 1.24. The summed E-state index contributed by atoms with van der Waals surface area (Å²) < 4.78 is 5.88. The molecular formula is C24H30N2O2S. The van der Waals surface area contributed by atoms with Crippen LogP contribution in [-0.2, 0) is 6.61 Å². The van der Waals surface area contributed by atoms with Gasteiger partial charge in [0.15, 0.2) is 0 Å². The predicted octanol–water partition coefficient (Wildman–Crippen LogP) is 5.32. The van der Waals surface area contributed by atoms with E-state index in [1.54, 1.807) is 11.3 Å². The first kappa shape index (κ1) is 19.1. The first-order valence-electron chi connectivity index (χ1n) is 10.9. The van der Waals surface area contributed by atoms with E-state index in [9.17, 15) is 4.79 Å². The van der Waals surface area contributed by atoms with Crippen molar-refractivity contribution in [2.24, 2.45) is 23.2 Å². The van der Waals surface area contributed by atoms with E-state index in [1.807, 2.05) is 48.5 Å². The number of carbonyl (C=O) groups excluding carboxylic acids is 1. The number of ether oxygens (including phenoxy) is 1. The number of hydrogen-bond acceptors (Lipinski definition) is 4. The fourth-order valence-corrected chi connectivity index (χ4v) is 7.23. The van der Waals surface area contributed by atoms with Crippen LogP contribution in [0.4, 0.5) is 0 Å². The molecule has 1 aromatic carbocycles. The number of aryl methyl sites for hydroxylation is 1. The van der Waals surface area contributed by atoms with Crippen molar-refractivity contribution in [3.05, 3.63) is 45.9 Å². The van der Waals surface area contributed by atoms with Crippen molar-refractivity contribution in [1.29, 1.82) is 0 Å².